The van der Waals surface area contributed by atoms with Crippen molar-refractivity contribution in [2.45, 2.75) is 104 Å². The minimum atomic E-state index is -1.19. The normalized spacial score (nSPS) is 39.8. The molecule has 2 heterocycles. The summed E-state index contributed by atoms with van der Waals surface area (Å²) in [5, 5.41) is 0. The lowest BCUT2D eigenvalue weighted by Gasteiger charge is -2.53. The summed E-state index contributed by atoms with van der Waals surface area (Å²) in [6.07, 6.45) is 1.04. The maximum absolute atomic E-state index is 12.8. The summed E-state index contributed by atoms with van der Waals surface area (Å²) >= 11 is 0. The maximum Gasteiger partial charge on any atom is 0.303 e. The molecule has 0 aromatic rings. The van der Waals surface area contributed by atoms with E-state index in [1.54, 1.807) is 19.9 Å². The highest BCUT2D eigenvalue weighted by atomic mass is 16.6. The molecule has 0 spiro atoms. The summed E-state index contributed by atoms with van der Waals surface area (Å²) in [6, 6.07) is 0. The van der Waals surface area contributed by atoms with Crippen LogP contribution in [0.4, 0.5) is 0 Å². The van der Waals surface area contributed by atoms with E-state index in [2.05, 4.69) is 13.8 Å². The SMILES string of the molecule is CC(=O)OC1CC(C(C)C)C2C3OC(C=C(C)C(=O)CCC3(C)OC(C)=O)C2C1(C)OC(C)=O. The predicted molar refractivity (Wildman–Crippen MR) is 122 cm³/mol. The second-order valence-electron chi connectivity index (χ2n) is 10.8. The van der Waals surface area contributed by atoms with Crippen molar-refractivity contribution in [3.05, 3.63) is 11.6 Å². The van der Waals surface area contributed by atoms with Crippen LogP contribution in [-0.2, 0) is 38.1 Å². The van der Waals surface area contributed by atoms with E-state index < -0.39 is 53.3 Å². The highest BCUT2D eigenvalue weighted by Gasteiger charge is 2.67. The Bertz CT molecular complexity index is 891. The molecule has 0 aromatic carbocycles. The number of fused-ring (bicyclic) bond motifs is 5. The molecule has 0 aromatic heterocycles. The van der Waals surface area contributed by atoms with Gasteiger partial charge in [-0.15, -0.1) is 0 Å². The second-order valence-corrected chi connectivity index (χ2v) is 10.8. The van der Waals surface area contributed by atoms with Gasteiger partial charge < -0.3 is 18.9 Å². The highest BCUT2D eigenvalue weighted by Crippen LogP contribution is 2.58. The van der Waals surface area contributed by atoms with Gasteiger partial charge in [0.05, 0.1) is 6.10 Å². The molecular weight excluding hydrogens is 440 g/mol. The number of ether oxygens (including phenoxy) is 4. The molecule has 1 saturated carbocycles. The summed E-state index contributed by atoms with van der Waals surface area (Å²) in [6.45, 7) is 13.6. The first-order valence-electron chi connectivity index (χ1n) is 12.1. The molecule has 8 nitrogen and oxygen atoms in total. The average Bonchev–Trinajstić information content (AvgIpc) is 3.08. The van der Waals surface area contributed by atoms with Crippen molar-refractivity contribution < 1.29 is 38.1 Å². The molecule has 34 heavy (non-hydrogen) atoms. The van der Waals surface area contributed by atoms with Crippen LogP contribution in [0, 0.1) is 23.7 Å². The molecule has 1 aliphatic carbocycles. The van der Waals surface area contributed by atoms with Crippen molar-refractivity contribution in [2.24, 2.45) is 23.7 Å². The Labute approximate surface area is 201 Å². The topological polar surface area (TPSA) is 105 Å². The Balaban J connectivity index is 2.25. The summed E-state index contributed by atoms with van der Waals surface area (Å²) in [5.74, 6) is -1.79. The number of Topliss-reactive ketones (excluding diaryl/α,β-unsaturated/α-hetero) is 1. The van der Waals surface area contributed by atoms with Crippen LogP contribution in [0.1, 0.15) is 74.7 Å². The summed E-state index contributed by atoms with van der Waals surface area (Å²) in [5.41, 5.74) is -1.68. The summed E-state index contributed by atoms with van der Waals surface area (Å²) in [7, 11) is 0. The number of esters is 3. The molecule has 0 N–H and O–H groups in total. The van der Waals surface area contributed by atoms with Crippen LogP contribution < -0.4 is 0 Å². The molecule has 0 radical (unpaired) electrons. The third-order valence-corrected chi connectivity index (χ3v) is 7.91. The number of carbonyl (C=O) groups excluding carboxylic acids is 4. The average molecular weight is 479 g/mol. The lowest BCUT2D eigenvalue weighted by atomic mass is 9.56. The van der Waals surface area contributed by atoms with Gasteiger partial charge >= 0.3 is 17.9 Å². The lowest BCUT2D eigenvalue weighted by molar-refractivity contribution is -0.214. The molecule has 2 aliphatic heterocycles. The third kappa shape index (κ3) is 4.79. The van der Waals surface area contributed by atoms with E-state index in [0.29, 0.717) is 18.4 Å². The molecule has 190 valence electrons. The standard InChI is InChI=1S/C26H38O8/c1-13(2)18-12-21(31-15(4)27)26(8,34-17(6)29)23-20-11-14(3)19(30)9-10-25(7,33-16(5)28)24(32-20)22(18)23/h11,13,18,20-24H,9-10,12H2,1-8H3. The largest absolute Gasteiger partial charge is 0.458 e. The zero-order chi connectivity index (χ0) is 25.6. The molecule has 2 bridgehead atoms. The van der Waals surface area contributed by atoms with E-state index in [1.807, 2.05) is 6.92 Å². The third-order valence-electron chi connectivity index (χ3n) is 7.91. The van der Waals surface area contributed by atoms with Crippen LogP contribution in [0.15, 0.2) is 11.6 Å². The number of ketones is 1. The van der Waals surface area contributed by atoms with Gasteiger partial charge in [0.1, 0.15) is 17.8 Å². The van der Waals surface area contributed by atoms with Crippen LogP contribution in [0.2, 0.25) is 0 Å². The Hall–Kier alpha value is -2.22. The Morgan fingerprint density at radius 1 is 1.06 bits per heavy atom. The minimum absolute atomic E-state index is 0.0340. The molecule has 0 amide bonds. The first-order chi connectivity index (χ1) is 15.7. The smallest absolute Gasteiger partial charge is 0.303 e. The monoisotopic (exact) mass is 478 g/mol. The van der Waals surface area contributed by atoms with Gasteiger partial charge in [-0.05, 0) is 57.1 Å². The molecular formula is C26H38O8. The van der Waals surface area contributed by atoms with Gasteiger partial charge in [-0.25, -0.2) is 0 Å². The van der Waals surface area contributed by atoms with Crippen molar-refractivity contribution in [1.82, 2.24) is 0 Å². The molecule has 1 saturated heterocycles. The zero-order valence-corrected chi connectivity index (χ0v) is 21.5. The molecule has 3 rings (SSSR count). The van der Waals surface area contributed by atoms with E-state index in [1.165, 1.54) is 20.8 Å². The van der Waals surface area contributed by atoms with Crippen LogP contribution in [0.25, 0.3) is 0 Å². The van der Waals surface area contributed by atoms with E-state index in [-0.39, 0.29) is 30.0 Å². The van der Waals surface area contributed by atoms with Gasteiger partial charge in [0.2, 0.25) is 0 Å². The van der Waals surface area contributed by atoms with Crippen molar-refractivity contribution >= 4 is 23.7 Å². The Kier molecular flexibility index (Phi) is 7.32. The molecule has 8 unspecified atom stereocenters. The van der Waals surface area contributed by atoms with Crippen LogP contribution in [-0.4, -0.2) is 53.2 Å². The summed E-state index contributed by atoms with van der Waals surface area (Å²) in [4.78, 5) is 49.3. The Morgan fingerprint density at radius 2 is 1.68 bits per heavy atom. The number of carbonyl (C=O) groups is 4. The van der Waals surface area contributed by atoms with Crippen molar-refractivity contribution in [2.75, 3.05) is 0 Å². The number of allylic oxidation sites excluding steroid dienone is 1. The number of rotatable bonds is 4. The van der Waals surface area contributed by atoms with E-state index >= 15 is 0 Å². The fourth-order valence-electron chi connectivity index (χ4n) is 6.50. The van der Waals surface area contributed by atoms with E-state index in [9.17, 15) is 19.2 Å². The van der Waals surface area contributed by atoms with Crippen molar-refractivity contribution in [3.63, 3.8) is 0 Å². The quantitative estimate of drug-likeness (QED) is 0.446. The van der Waals surface area contributed by atoms with Gasteiger partial charge in [-0.3, -0.25) is 19.2 Å². The van der Waals surface area contributed by atoms with E-state index in [4.69, 9.17) is 18.9 Å². The molecule has 2 fully saturated rings. The maximum atomic E-state index is 12.8. The Morgan fingerprint density at radius 3 is 2.21 bits per heavy atom. The summed E-state index contributed by atoms with van der Waals surface area (Å²) < 4.78 is 24.2. The predicted octanol–water partition coefficient (Wildman–Crippen LogP) is 3.55. The van der Waals surface area contributed by atoms with Crippen LogP contribution >= 0.6 is 0 Å². The van der Waals surface area contributed by atoms with Gasteiger partial charge in [0.25, 0.3) is 0 Å². The fraction of sp³-hybridized carbons (Fsp3) is 0.769. The van der Waals surface area contributed by atoms with Gasteiger partial charge in [0, 0.05) is 39.0 Å². The zero-order valence-electron chi connectivity index (χ0n) is 21.5. The first-order valence-corrected chi connectivity index (χ1v) is 12.1. The van der Waals surface area contributed by atoms with Crippen LogP contribution in [0.3, 0.4) is 0 Å². The highest BCUT2D eigenvalue weighted by molar-refractivity contribution is 5.95. The van der Waals surface area contributed by atoms with Gasteiger partial charge in [-0.2, -0.15) is 0 Å². The van der Waals surface area contributed by atoms with Gasteiger partial charge in [-0.1, -0.05) is 13.8 Å². The van der Waals surface area contributed by atoms with Crippen LogP contribution in [0.5, 0.6) is 0 Å². The van der Waals surface area contributed by atoms with E-state index in [0.717, 1.165) is 0 Å². The van der Waals surface area contributed by atoms with Crippen molar-refractivity contribution in [3.8, 4) is 0 Å². The first kappa shape index (κ1) is 26.4. The molecule has 8 heteroatoms. The number of hydrogen-bond acceptors (Lipinski definition) is 8. The van der Waals surface area contributed by atoms with Gasteiger partial charge in [0.15, 0.2) is 11.4 Å². The fourth-order valence-corrected chi connectivity index (χ4v) is 6.50. The number of hydrogen-bond donors (Lipinski definition) is 0. The molecule has 8 atom stereocenters. The lowest BCUT2D eigenvalue weighted by Crippen LogP contribution is -2.62. The van der Waals surface area contributed by atoms with Crippen molar-refractivity contribution in [1.29, 1.82) is 0 Å². The second kappa shape index (κ2) is 9.44. The minimum Gasteiger partial charge on any atom is -0.458 e. The molecule has 3 aliphatic rings.